The predicted molar refractivity (Wildman–Crippen MR) is 79.7 cm³/mol. The number of hydrogen-bond donors (Lipinski definition) is 1. The van der Waals surface area contributed by atoms with Gasteiger partial charge in [-0.15, -0.1) is 11.3 Å². The van der Waals surface area contributed by atoms with Gasteiger partial charge in [-0.05, 0) is 31.0 Å². The maximum atomic E-state index is 5.19. The average molecular weight is 276 g/mol. The number of benzene rings is 1. The fourth-order valence-corrected chi connectivity index (χ4v) is 2.77. The lowest BCUT2D eigenvalue weighted by Gasteiger charge is -2.17. The zero-order valence-electron chi connectivity index (χ0n) is 11.6. The number of aromatic nitrogens is 1. The summed E-state index contributed by atoms with van der Waals surface area (Å²) in [6, 6.07) is 8.64. The Bertz CT molecular complexity index is 507. The van der Waals surface area contributed by atoms with Gasteiger partial charge >= 0.3 is 0 Å². The number of nitrogens with one attached hydrogen (secondary N) is 1. The van der Waals surface area contributed by atoms with Gasteiger partial charge in [-0.1, -0.05) is 19.1 Å². The first-order valence-electron chi connectivity index (χ1n) is 6.51. The van der Waals surface area contributed by atoms with Crippen molar-refractivity contribution in [2.45, 2.75) is 32.9 Å². The predicted octanol–water partition coefficient (Wildman–Crippen LogP) is 3.70. The van der Waals surface area contributed by atoms with Crippen LogP contribution in [0.4, 0.5) is 0 Å². The third-order valence-corrected chi connectivity index (χ3v) is 4.22. The Hall–Kier alpha value is -1.39. The Labute approximate surface area is 118 Å². The monoisotopic (exact) mass is 276 g/mol. The maximum absolute atomic E-state index is 5.19. The summed E-state index contributed by atoms with van der Waals surface area (Å²) in [4.78, 5) is 5.59. The van der Waals surface area contributed by atoms with Crippen LogP contribution in [0.3, 0.4) is 0 Å². The van der Waals surface area contributed by atoms with Crippen molar-refractivity contribution in [3.05, 3.63) is 45.9 Å². The van der Waals surface area contributed by atoms with Gasteiger partial charge < -0.3 is 10.1 Å². The highest BCUT2D eigenvalue weighted by Gasteiger charge is 2.10. The molecule has 0 radical (unpaired) electrons. The third-order valence-electron chi connectivity index (χ3n) is 3.28. The van der Waals surface area contributed by atoms with Gasteiger partial charge in [0.25, 0.3) is 0 Å². The molecule has 102 valence electrons. The molecule has 2 rings (SSSR count). The molecule has 1 heterocycles. The molecule has 1 aromatic heterocycles. The fraction of sp³-hybridized carbons (Fsp3) is 0.400. The summed E-state index contributed by atoms with van der Waals surface area (Å²) < 4.78 is 5.19. The average Bonchev–Trinajstić information content (AvgIpc) is 2.86. The zero-order chi connectivity index (χ0) is 13.7. The summed E-state index contributed by atoms with van der Waals surface area (Å²) in [5.74, 6) is 0.900. The lowest BCUT2D eigenvalue weighted by molar-refractivity contribution is 0.414. The van der Waals surface area contributed by atoms with Gasteiger partial charge in [-0.3, -0.25) is 0 Å². The standard InChI is InChI=1S/C15H20N2OS/c1-4-14(12-5-7-13(18-3)8-6-12)16-9-15-11(2)17-10-19-15/h5-8,10,14,16H,4,9H2,1-3H3. The van der Waals surface area contributed by atoms with Crippen molar-refractivity contribution in [3.8, 4) is 5.75 Å². The molecule has 0 fully saturated rings. The Morgan fingerprint density at radius 3 is 2.58 bits per heavy atom. The van der Waals surface area contributed by atoms with Crippen molar-refractivity contribution in [1.29, 1.82) is 0 Å². The highest BCUT2D eigenvalue weighted by molar-refractivity contribution is 7.09. The van der Waals surface area contributed by atoms with Gasteiger partial charge in [-0.2, -0.15) is 0 Å². The van der Waals surface area contributed by atoms with Gasteiger partial charge in [0.15, 0.2) is 0 Å². The molecule has 4 heteroatoms. The molecule has 0 aliphatic heterocycles. The van der Waals surface area contributed by atoms with Crippen molar-refractivity contribution >= 4 is 11.3 Å². The van der Waals surface area contributed by atoms with Gasteiger partial charge in [0.1, 0.15) is 5.75 Å². The number of aryl methyl sites for hydroxylation is 1. The van der Waals surface area contributed by atoms with E-state index in [0.29, 0.717) is 6.04 Å². The summed E-state index contributed by atoms with van der Waals surface area (Å²) in [5, 5.41) is 3.60. The first-order chi connectivity index (χ1) is 9.24. The lowest BCUT2D eigenvalue weighted by Crippen LogP contribution is -2.20. The van der Waals surface area contributed by atoms with Crippen LogP contribution in [0.15, 0.2) is 29.8 Å². The molecule has 0 aliphatic rings. The molecule has 1 aromatic carbocycles. The van der Waals surface area contributed by atoms with Crippen LogP contribution >= 0.6 is 11.3 Å². The molecule has 19 heavy (non-hydrogen) atoms. The Balaban J connectivity index is 2.01. The van der Waals surface area contributed by atoms with Crippen molar-refractivity contribution in [1.82, 2.24) is 10.3 Å². The topological polar surface area (TPSA) is 34.2 Å². The van der Waals surface area contributed by atoms with Crippen LogP contribution in [0.2, 0.25) is 0 Å². The van der Waals surface area contributed by atoms with E-state index in [1.54, 1.807) is 18.4 Å². The molecule has 1 unspecified atom stereocenters. The van der Waals surface area contributed by atoms with Crippen LogP contribution in [-0.2, 0) is 6.54 Å². The van der Waals surface area contributed by atoms with E-state index < -0.39 is 0 Å². The second kappa shape index (κ2) is 6.68. The number of ether oxygens (including phenoxy) is 1. The zero-order valence-corrected chi connectivity index (χ0v) is 12.5. The molecule has 0 spiro atoms. The quantitative estimate of drug-likeness (QED) is 0.873. The second-order valence-corrected chi connectivity index (χ2v) is 5.42. The van der Waals surface area contributed by atoms with E-state index in [9.17, 15) is 0 Å². The largest absolute Gasteiger partial charge is 0.497 e. The van der Waals surface area contributed by atoms with E-state index >= 15 is 0 Å². The fourth-order valence-electron chi connectivity index (χ4n) is 2.05. The summed E-state index contributed by atoms with van der Waals surface area (Å²) in [5.41, 5.74) is 4.33. The molecular formula is C15H20N2OS. The summed E-state index contributed by atoms with van der Waals surface area (Å²) >= 11 is 1.71. The van der Waals surface area contributed by atoms with E-state index in [0.717, 1.165) is 24.4 Å². The van der Waals surface area contributed by atoms with Crippen LogP contribution in [0.25, 0.3) is 0 Å². The van der Waals surface area contributed by atoms with E-state index in [2.05, 4.69) is 36.3 Å². The third kappa shape index (κ3) is 3.55. The molecule has 0 bridgehead atoms. The molecule has 1 atom stereocenters. The second-order valence-electron chi connectivity index (χ2n) is 4.48. The normalized spacial score (nSPS) is 12.4. The molecule has 2 aromatic rings. The van der Waals surface area contributed by atoms with E-state index in [1.807, 2.05) is 17.6 Å². The highest BCUT2D eigenvalue weighted by Crippen LogP contribution is 2.21. The Morgan fingerprint density at radius 1 is 1.32 bits per heavy atom. The van der Waals surface area contributed by atoms with Crippen molar-refractivity contribution < 1.29 is 4.74 Å². The number of methoxy groups -OCH3 is 1. The first-order valence-corrected chi connectivity index (χ1v) is 7.38. The number of thiazole rings is 1. The van der Waals surface area contributed by atoms with Gasteiger partial charge in [0, 0.05) is 17.5 Å². The number of rotatable bonds is 6. The van der Waals surface area contributed by atoms with Crippen LogP contribution in [0, 0.1) is 6.92 Å². The maximum Gasteiger partial charge on any atom is 0.118 e. The smallest absolute Gasteiger partial charge is 0.118 e. The Morgan fingerprint density at radius 2 is 2.05 bits per heavy atom. The molecule has 0 aliphatic carbocycles. The van der Waals surface area contributed by atoms with Crippen LogP contribution in [0.1, 0.15) is 35.5 Å². The van der Waals surface area contributed by atoms with Crippen molar-refractivity contribution in [3.63, 3.8) is 0 Å². The van der Waals surface area contributed by atoms with Crippen LogP contribution in [0.5, 0.6) is 5.75 Å². The summed E-state index contributed by atoms with van der Waals surface area (Å²) in [6.07, 6.45) is 1.06. The molecule has 3 nitrogen and oxygen atoms in total. The minimum absolute atomic E-state index is 0.368. The first kappa shape index (κ1) is 14.0. The van der Waals surface area contributed by atoms with Crippen molar-refractivity contribution in [2.75, 3.05) is 7.11 Å². The summed E-state index contributed by atoms with van der Waals surface area (Å²) in [6.45, 7) is 5.13. The molecular weight excluding hydrogens is 256 g/mol. The van der Waals surface area contributed by atoms with Gasteiger partial charge in [0.05, 0.1) is 18.3 Å². The minimum Gasteiger partial charge on any atom is -0.497 e. The van der Waals surface area contributed by atoms with Crippen LogP contribution in [-0.4, -0.2) is 12.1 Å². The molecule has 0 amide bonds. The number of nitrogens with zero attached hydrogens (tertiary/aromatic N) is 1. The molecule has 0 saturated heterocycles. The SMILES string of the molecule is CCC(NCc1scnc1C)c1ccc(OC)cc1. The number of hydrogen-bond acceptors (Lipinski definition) is 4. The van der Waals surface area contributed by atoms with Gasteiger partial charge in [0.2, 0.25) is 0 Å². The Kier molecular flexibility index (Phi) is 4.93. The molecule has 0 saturated carbocycles. The highest BCUT2D eigenvalue weighted by atomic mass is 32.1. The van der Waals surface area contributed by atoms with E-state index in [-0.39, 0.29) is 0 Å². The molecule has 1 N–H and O–H groups in total. The van der Waals surface area contributed by atoms with Gasteiger partial charge in [-0.25, -0.2) is 4.98 Å². The lowest BCUT2D eigenvalue weighted by atomic mass is 10.0. The van der Waals surface area contributed by atoms with Crippen LogP contribution < -0.4 is 10.1 Å². The minimum atomic E-state index is 0.368. The summed E-state index contributed by atoms with van der Waals surface area (Å²) in [7, 11) is 1.69. The van der Waals surface area contributed by atoms with Crippen molar-refractivity contribution in [2.24, 2.45) is 0 Å². The van der Waals surface area contributed by atoms with E-state index in [4.69, 9.17) is 4.74 Å². The van der Waals surface area contributed by atoms with E-state index in [1.165, 1.54) is 10.4 Å².